The number of benzene rings is 2. The molecule has 2 rings (SSSR count). The van der Waals surface area contributed by atoms with Gasteiger partial charge in [0.1, 0.15) is 0 Å². The molecule has 0 fully saturated rings. The SMILES string of the molecule is COc1cc(I)c(-c2ccccc2I)cc1OC. The molecule has 0 aliphatic rings. The fourth-order valence-electron chi connectivity index (χ4n) is 1.74. The topological polar surface area (TPSA) is 18.5 Å². The molecule has 0 atom stereocenters. The summed E-state index contributed by atoms with van der Waals surface area (Å²) in [6, 6.07) is 12.3. The molecule has 0 amide bonds. The van der Waals surface area contributed by atoms with Gasteiger partial charge < -0.3 is 9.47 Å². The maximum Gasteiger partial charge on any atom is 0.161 e. The number of ether oxygens (including phenoxy) is 2. The number of halogens is 2. The van der Waals surface area contributed by atoms with Crippen molar-refractivity contribution in [2.24, 2.45) is 0 Å². The second kappa shape index (κ2) is 6.10. The average molecular weight is 466 g/mol. The molecule has 94 valence electrons. The van der Waals surface area contributed by atoms with Crippen LogP contribution in [0.4, 0.5) is 0 Å². The highest BCUT2D eigenvalue weighted by Gasteiger charge is 2.12. The normalized spacial score (nSPS) is 10.2. The molecular formula is C14H12I2O2. The van der Waals surface area contributed by atoms with Crippen molar-refractivity contribution < 1.29 is 9.47 Å². The van der Waals surface area contributed by atoms with Crippen molar-refractivity contribution in [2.45, 2.75) is 0 Å². The van der Waals surface area contributed by atoms with E-state index in [4.69, 9.17) is 9.47 Å². The highest BCUT2D eigenvalue weighted by Crippen LogP contribution is 2.37. The third kappa shape index (κ3) is 2.74. The smallest absolute Gasteiger partial charge is 0.161 e. The number of hydrogen-bond acceptors (Lipinski definition) is 2. The Bertz CT molecular complexity index is 568. The highest BCUT2D eigenvalue weighted by atomic mass is 127. The number of methoxy groups -OCH3 is 2. The van der Waals surface area contributed by atoms with E-state index in [2.05, 4.69) is 57.3 Å². The first-order chi connectivity index (χ1) is 8.67. The zero-order valence-electron chi connectivity index (χ0n) is 10.0. The summed E-state index contributed by atoms with van der Waals surface area (Å²) < 4.78 is 13.0. The van der Waals surface area contributed by atoms with Gasteiger partial charge in [0, 0.05) is 12.7 Å². The van der Waals surface area contributed by atoms with Crippen LogP contribution in [-0.4, -0.2) is 14.2 Å². The van der Waals surface area contributed by atoms with Gasteiger partial charge in [0.15, 0.2) is 11.5 Å². The standard InChI is InChI=1S/C14H12I2O2/c1-17-13-7-10(12(16)8-14(13)18-2)9-5-3-4-6-11(9)15/h3-8H,1-2H3. The molecule has 0 aliphatic carbocycles. The van der Waals surface area contributed by atoms with E-state index in [1.807, 2.05) is 24.3 Å². The summed E-state index contributed by atoms with van der Waals surface area (Å²) in [7, 11) is 3.31. The van der Waals surface area contributed by atoms with E-state index >= 15 is 0 Å². The lowest BCUT2D eigenvalue weighted by Gasteiger charge is -2.13. The van der Waals surface area contributed by atoms with E-state index in [1.165, 1.54) is 14.7 Å². The van der Waals surface area contributed by atoms with Gasteiger partial charge in [0.25, 0.3) is 0 Å². The molecule has 0 N–H and O–H groups in total. The minimum atomic E-state index is 0.757. The Hall–Kier alpha value is -0.500. The van der Waals surface area contributed by atoms with Crippen LogP contribution in [0.1, 0.15) is 0 Å². The van der Waals surface area contributed by atoms with Crippen LogP contribution in [0.15, 0.2) is 36.4 Å². The van der Waals surface area contributed by atoms with Crippen molar-refractivity contribution in [1.82, 2.24) is 0 Å². The van der Waals surface area contributed by atoms with Crippen molar-refractivity contribution in [1.29, 1.82) is 0 Å². The average Bonchev–Trinajstić information content (AvgIpc) is 2.39. The Morgan fingerprint density at radius 3 is 2.00 bits per heavy atom. The summed E-state index contributed by atoms with van der Waals surface area (Å²) in [5.74, 6) is 1.52. The van der Waals surface area contributed by atoms with Gasteiger partial charge in [-0.25, -0.2) is 0 Å². The van der Waals surface area contributed by atoms with Crippen LogP contribution in [0, 0.1) is 7.14 Å². The zero-order valence-corrected chi connectivity index (χ0v) is 14.4. The summed E-state index contributed by atoms with van der Waals surface area (Å²) in [5.41, 5.74) is 2.38. The van der Waals surface area contributed by atoms with Crippen LogP contribution in [0.25, 0.3) is 11.1 Å². The molecule has 0 saturated carbocycles. The van der Waals surface area contributed by atoms with E-state index < -0.39 is 0 Å². The van der Waals surface area contributed by atoms with Crippen molar-refractivity contribution in [3.63, 3.8) is 0 Å². The van der Waals surface area contributed by atoms with Gasteiger partial charge in [0.05, 0.1) is 14.2 Å². The van der Waals surface area contributed by atoms with Crippen LogP contribution >= 0.6 is 45.2 Å². The Labute approximate surface area is 134 Å². The fourth-order valence-corrected chi connectivity index (χ4v) is 3.15. The summed E-state index contributed by atoms with van der Waals surface area (Å²) in [6.45, 7) is 0. The molecule has 0 spiro atoms. The van der Waals surface area contributed by atoms with Gasteiger partial charge in [0.2, 0.25) is 0 Å². The monoisotopic (exact) mass is 466 g/mol. The third-order valence-electron chi connectivity index (χ3n) is 2.64. The van der Waals surface area contributed by atoms with Crippen LogP contribution in [0.5, 0.6) is 11.5 Å². The molecule has 2 aromatic carbocycles. The Kier molecular flexibility index (Phi) is 4.71. The van der Waals surface area contributed by atoms with E-state index in [-0.39, 0.29) is 0 Å². The Morgan fingerprint density at radius 2 is 1.39 bits per heavy atom. The molecule has 0 unspecified atom stereocenters. The molecule has 2 nitrogen and oxygen atoms in total. The van der Waals surface area contributed by atoms with Gasteiger partial charge in [-0.2, -0.15) is 0 Å². The van der Waals surface area contributed by atoms with Crippen LogP contribution in [0.2, 0.25) is 0 Å². The van der Waals surface area contributed by atoms with Crippen molar-refractivity contribution >= 4 is 45.2 Å². The van der Waals surface area contributed by atoms with Crippen molar-refractivity contribution in [3.05, 3.63) is 43.5 Å². The highest BCUT2D eigenvalue weighted by molar-refractivity contribution is 14.1. The fraction of sp³-hybridized carbons (Fsp3) is 0.143. The second-order valence-corrected chi connectivity index (χ2v) is 5.99. The van der Waals surface area contributed by atoms with Crippen LogP contribution in [-0.2, 0) is 0 Å². The van der Waals surface area contributed by atoms with Crippen molar-refractivity contribution in [2.75, 3.05) is 14.2 Å². The first-order valence-corrected chi connectivity index (χ1v) is 7.49. The van der Waals surface area contributed by atoms with E-state index in [9.17, 15) is 0 Å². The van der Waals surface area contributed by atoms with Gasteiger partial charge in [-0.3, -0.25) is 0 Å². The zero-order chi connectivity index (χ0) is 13.1. The number of rotatable bonds is 3. The minimum Gasteiger partial charge on any atom is -0.493 e. The second-order valence-electron chi connectivity index (χ2n) is 3.67. The summed E-state index contributed by atoms with van der Waals surface area (Å²) in [5, 5.41) is 0. The van der Waals surface area contributed by atoms with Gasteiger partial charge in [-0.1, -0.05) is 18.2 Å². The molecule has 0 radical (unpaired) electrons. The Balaban J connectivity index is 2.62. The van der Waals surface area contributed by atoms with Crippen molar-refractivity contribution in [3.8, 4) is 22.6 Å². The lowest BCUT2D eigenvalue weighted by atomic mass is 10.1. The largest absolute Gasteiger partial charge is 0.493 e. The molecule has 18 heavy (non-hydrogen) atoms. The van der Waals surface area contributed by atoms with Gasteiger partial charge in [-0.05, 0) is 68.9 Å². The quantitative estimate of drug-likeness (QED) is 0.618. The van der Waals surface area contributed by atoms with E-state index in [0.29, 0.717) is 0 Å². The van der Waals surface area contributed by atoms with Crippen LogP contribution in [0.3, 0.4) is 0 Å². The summed E-state index contributed by atoms with van der Waals surface area (Å²) in [6.07, 6.45) is 0. The van der Waals surface area contributed by atoms with Gasteiger partial charge in [-0.15, -0.1) is 0 Å². The maximum atomic E-state index is 5.36. The molecule has 4 heteroatoms. The molecule has 0 aromatic heterocycles. The molecule has 0 bridgehead atoms. The Morgan fingerprint density at radius 1 is 0.778 bits per heavy atom. The van der Waals surface area contributed by atoms with Gasteiger partial charge >= 0.3 is 0 Å². The first kappa shape index (κ1) is 13.9. The predicted octanol–water partition coefficient (Wildman–Crippen LogP) is 4.58. The molecular weight excluding hydrogens is 454 g/mol. The molecule has 0 saturated heterocycles. The van der Waals surface area contributed by atoms with E-state index in [1.54, 1.807) is 14.2 Å². The first-order valence-electron chi connectivity index (χ1n) is 5.33. The minimum absolute atomic E-state index is 0.757. The lowest BCUT2D eigenvalue weighted by Crippen LogP contribution is -1.94. The summed E-state index contributed by atoms with van der Waals surface area (Å²) >= 11 is 4.67. The van der Waals surface area contributed by atoms with E-state index in [0.717, 1.165) is 15.1 Å². The summed E-state index contributed by atoms with van der Waals surface area (Å²) in [4.78, 5) is 0. The third-order valence-corrected chi connectivity index (χ3v) is 4.47. The van der Waals surface area contributed by atoms with Crippen LogP contribution < -0.4 is 9.47 Å². The molecule has 2 aromatic rings. The molecule has 0 heterocycles. The number of hydrogen-bond donors (Lipinski definition) is 0. The maximum absolute atomic E-state index is 5.36. The molecule has 0 aliphatic heterocycles. The lowest BCUT2D eigenvalue weighted by molar-refractivity contribution is 0.355. The predicted molar refractivity (Wildman–Crippen MR) is 90.4 cm³/mol.